The molecule has 0 fully saturated rings. The van der Waals surface area contributed by atoms with Gasteiger partial charge in [0, 0.05) is 0 Å². The maximum Gasteiger partial charge on any atom is 0.315 e. The number of phenols is 2. The predicted molar refractivity (Wildman–Crippen MR) is 165 cm³/mol. The summed E-state index contributed by atoms with van der Waals surface area (Å²) in [5, 5.41) is 20.0. The molecule has 5 aromatic carbocycles. The van der Waals surface area contributed by atoms with Crippen LogP contribution in [0.25, 0.3) is 22.3 Å². The van der Waals surface area contributed by atoms with Crippen molar-refractivity contribution in [3.63, 3.8) is 0 Å². The lowest BCUT2D eigenvalue weighted by Crippen LogP contribution is -2.17. The van der Waals surface area contributed by atoms with E-state index in [0.717, 1.165) is 11.1 Å². The highest BCUT2D eigenvalue weighted by Crippen LogP contribution is 2.57. The molecule has 0 spiro atoms. The number of phenolic OH excluding ortho intramolecular Hbond substituents is 2. The first kappa shape index (κ1) is 29.7. The number of rotatable bonds is 10. The molecule has 5 aromatic rings. The predicted octanol–water partition coefficient (Wildman–Crippen LogP) is 6.75. The van der Waals surface area contributed by atoms with Crippen LogP contribution in [0.4, 0.5) is 0 Å². The van der Waals surface area contributed by atoms with Crippen molar-refractivity contribution in [1.82, 2.24) is 0 Å². The average Bonchev–Trinajstić information content (AvgIpc) is 3.03. The fourth-order valence-corrected chi connectivity index (χ4v) is 4.85. The lowest BCUT2D eigenvalue weighted by molar-refractivity contribution is -0.136. The first-order chi connectivity index (χ1) is 21.4. The van der Waals surface area contributed by atoms with Gasteiger partial charge in [0.1, 0.15) is 11.5 Å². The highest BCUT2D eigenvalue weighted by atomic mass is 16.6. The van der Waals surface area contributed by atoms with Gasteiger partial charge in [0.15, 0.2) is 23.0 Å². The van der Waals surface area contributed by atoms with Gasteiger partial charge < -0.3 is 29.2 Å². The van der Waals surface area contributed by atoms with E-state index in [-0.39, 0.29) is 58.5 Å². The molecule has 44 heavy (non-hydrogen) atoms. The highest BCUT2D eigenvalue weighted by molar-refractivity contribution is 5.96. The minimum atomic E-state index is -0.611. The van der Waals surface area contributed by atoms with Crippen molar-refractivity contribution in [3.8, 4) is 56.8 Å². The smallest absolute Gasteiger partial charge is 0.315 e. The van der Waals surface area contributed by atoms with Crippen LogP contribution >= 0.6 is 0 Å². The van der Waals surface area contributed by atoms with E-state index >= 15 is 0 Å². The fraction of sp³-hybridized carbons (Fsp3) is 0.111. The van der Waals surface area contributed by atoms with Gasteiger partial charge >= 0.3 is 11.9 Å². The minimum Gasteiger partial charge on any atom is -0.508 e. The summed E-state index contributed by atoms with van der Waals surface area (Å²) in [7, 11) is 2.89. The van der Waals surface area contributed by atoms with Crippen LogP contribution in [0.2, 0.25) is 0 Å². The van der Waals surface area contributed by atoms with Crippen LogP contribution in [0.5, 0.6) is 34.5 Å². The maximum atomic E-state index is 13.5. The third kappa shape index (κ3) is 6.65. The maximum absolute atomic E-state index is 13.5. The molecule has 2 N–H and O–H groups in total. The molecule has 0 saturated carbocycles. The lowest BCUT2D eigenvalue weighted by atomic mass is 9.94. The number of ether oxygens (including phenoxy) is 4. The van der Waals surface area contributed by atoms with Gasteiger partial charge in [-0.05, 0) is 46.5 Å². The minimum absolute atomic E-state index is 0.0255. The Labute approximate surface area is 254 Å². The third-order valence-electron chi connectivity index (χ3n) is 6.86. The second-order valence-electron chi connectivity index (χ2n) is 9.84. The largest absolute Gasteiger partial charge is 0.508 e. The lowest BCUT2D eigenvalue weighted by Gasteiger charge is -2.24. The van der Waals surface area contributed by atoms with E-state index in [1.165, 1.54) is 38.5 Å². The monoisotopic (exact) mass is 590 g/mol. The van der Waals surface area contributed by atoms with Gasteiger partial charge in [-0.15, -0.1) is 0 Å². The Morgan fingerprint density at radius 1 is 0.500 bits per heavy atom. The van der Waals surface area contributed by atoms with Crippen LogP contribution in [0.15, 0.2) is 109 Å². The quantitative estimate of drug-likeness (QED) is 0.136. The molecule has 8 heteroatoms. The zero-order valence-corrected chi connectivity index (χ0v) is 24.2. The van der Waals surface area contributed by atoms with Crippen molar-refractivity contribution in [2.24, 2.45) is 0 Å². The van der Waals surface area contributed by atoms with Gasteiger partial charge in [-0.1, -0.05) is 84.9 Å². The van der Waals surface area contributed by atoms with Crippen LogP contribution in [0, 0.1) is 0 Å². The van der Waals surface area contributed by atoms with E-state index in [4.69, 9.17) is 18.9 Å². The number of benzene rings is 5. The fourth-order valence-electron chi connectivity index (χ4n) is 4.85. The standard InChI is InChI=1S/C36H30O8/c1-41-33-31(25-13-17-27(37)18-14-25)35(43-29(39)21-23-9-5-3-6-10-23)36(44-30(40)22-24-11-7-4-8-12-24)32(34(33)42-2)26-15-19-28(38)20-16-26/h3-20,37-38H,21-22H2,1-2H3. The Bertz CT molecular complexity index is 1620. The number of carbonyl (C=O) groups is 2. The molecule has 0 aliphatic carbocycles. The molecule has 0 heterocycles. The number of carbonyl (C=O) groups excluding carboxylic acids is 2. The second kappa shape index (κ2) is 13.5. The molecule has 0 unspecified atom stereocenters. The number of hydrogen-bond donors (Lipinski definition) is 2. The first-order valence-electron chi connectivity index (χ1n) is 13.8. The first-order valence-corrected chi connectivity index (χ1v) is 13.8. The molecular formula is C36H30O8. The zero-order chi connectivity index (χ0) is 31.1. The molecule has 0 amide bonds. The Balaban J connectivity index is 1.76. The van der Waals surface area contributed by atoms with Crippen molar-refractivity contribution < 1.29 is 38.7 Å². The molecular weight excluding hydrogens is 560 g/mol. The summed E-state index contributed by atoms with van der Waals surface area (Å²) in [4.78, 5) is 27.0. The van der Waals surface area contributed by atoms with E-state index < -0.39 is 11.9 Å². The van der Waals surface area contributed by atoms with E-state index in [9.17, 15) is 19.8 Å². The van der Waals surface area contributed by atoms with E-state index in [0.29, 0.717) is 11.1 Å². The van der Waals surface area contributed by atoms with Crippen LogP contribution in [-0.2, 0) is 22.4 Å². The van der Waals surface area contributed by atoms with Crippen LogP contribution < -0.4 is 18.9 Å². The number of esters is 2. The summed E-state index contributed by atoms with van der Waals surface area (Å²) in [6.07, 6.45) is -0.119. The van der Waals surface area contributed by atoms with Crippen molar-refractivity contribution in [2.45, 2.75) is 12.8 Å². The van der Waals surface area contributed by atoms with E-state index in [1.54, 1.807) is 48.5 Å². The average molecular weight is 591 g/mol. The van der Waals surface area contributed by atoms with E-state index in [1.807, 2.05) is 36.4 Å². The summed E-state index contributed by atoms with van der Waals surface area (Å²) < 4.78 is 23.9. The molecule has 0 aromatic heterocycles. The summed E-state index contributed by atoms with van der Waals surface area (Å²) in [6.45, 7) is 0. The van der Waals surface area contributed by atoms with Gasteiger partial charge in [0.25, 0.3) is 0 Å². The summed E-state index contributed by atoms with van der Waals surface area (Å²) in [5.74, 6) is -0.910. The van der Waals surface area contributed by atoms with Crippen LogP contribution in [0.3, 0.4) is 0 Å². The highest BCUT2D eigenvalue weighted by Gasteiger charge is 2.32. The van der Waals surface area contributed by atoms with Crippen molar-refractivity contribution in [2.75, 3.05) is 14.2 Å². The Morgan fingerprint density at radius 2 is 0.841 bits per heavy atom. The van der Waals surface area contributed by atoms with Crippen molar-refractivity contribution >= 4 is 11.9 Å². The molecule has 8 nitrogen and oxygen atoms in total. The van der Waals surface area contributed by atoms with Crippen molar-refractivity contribution in [3.05, 3.63) is 120 Å². The molecule has 0 bridgehead atoms. The van der Waals surface area contributed by atoms with Crippen LogP contribution in [0.1, 0.15) is 11.1 Å². The molecule has 0 atom stereocenters. The summed E-state index contributed by atoms with van der Waals surface area (Å²) in [6, 6.07) is 30.6. The molecule has 0 aliphatic heterocycles. The van der Waals surface area contributed by atoms with Gasteiger partial charge in [-0.2, -0.15) is 0 Å². The molecule has 0 saturated heterocycles. The van der Waals surface area contributed by atoms with Gasteiger partial charge in [-0.3, -0.25) is 9.59 Å². The Morgan fingerprint density at radius 3 is 1.16 bits per heavy atom. The molecule has 0 aliphatic rings. The Hall–Kier alpha value is -5.76. The zero-order valence-electron chi connectivity index (χ0n) is 24.2. The van der Waals surface area contributed by atoms with Crippen LogP contribution in [-0.4, -0.2) is 36.4 Å². The normalized spacial score (nSPS) is 10.6. The topological polar surface area (TPSA) is 112 Å². The van der Waals surface area contributed by atoms with Gasteiger partial charge in [-0.25, -0.2) is 0 Å². The van der Waals surface area contributed by atoms with E-state index in [2.05, 4.69) is 0 Å². The summed E-state index contributed by atoms with van der Waals surface area (Å²) in [5.41, 5.74) is 3.00. The number of aromatic hydroxyl groups is 2. The SMILES string of the molecule is COc1c(OC)c(-c2ccc(O)cc2)c(OC(=O)Cc2ccccc2)c(OC(=O)Cc2ccccc2)c1-c1ccc(O)cc1. The van der Waals surface area contributed by atoms with Crippen molar-refractivity contribution in [1.29, 1.82) is 0 Å². The number of methoxy groups -OCH3 is 2. The number of hydrogen-bond acceptors (Lipinski definition) is 8. The Kier molecular flexibility index (Phi) is 9.10. The van der Waals surface area contributed by atoms with Gasteiger partial charge in [0.2, 0.25) is 0 Å². The third-order valence-corrected chi connectivity index (χ3v) is 6.86. The molecule has 222 valence electrons. The second-order valence-corrected chi connectivity index (χ2v) is 9.84. The molecule has 0 radical (unpaired) electrons. The molecule has 5 rings (SSSR count). The van der Waals surface area contributed by atoms with Gasteiger partial charge in [0.05, 0.1) is 38.2 Å². The summed E-state index contributed by atoms with van der Waals surface area (Å²) >= 11 is 0.